The zero-order chi connectivity index (χ0) is 28.9. The Hall–Kier alpha value is -3.97. The van der Waals surface area contributed by atoms with E-state index >= 15 is 0 Å². The molecule has 1 atom stereocenters. The van der Waals surface area contributed by atoms with Gasteiger partial charge in [0.15, 0.2) is 0 Å². The fraction of sp³-hybridized carbons (Fsp3) is 0.303. The van der Waals surface area contributed by atoms with Gasteiger partial charge in [-0.25, -0.2) is 4.39 Å². The number of fused-ring (bicyclic) bond motifs is 1. The van der Waals surface area contributed by atoms with E-state index in [0.717, 1.165) is 47.7 Å². The van der Waals surface area contributed by atoms with Crippen LogP contribution in [0.4, 0.5) is 15.8 Å². The molecular weight excluding hydrogens is 541 g/mol. The van der Waals surface area contributed by atoms with E-state index in [9.17, 15) is 14.0 Å². The first-order chi connectivity index (χ1) is 19.8. The number of halogens is 2. The average molecular weight is 574 g/mol. The summed E-state index contributed by atoms with van der Waals surface area (Å²) in [5.41, 5.74) is 9.95. The standard InChI is InChI=1S/C33H33ClFN3O3/c1-2-32(39)41-25-11-3-20(4-12-25)17-27(33(40)38-31-13-9-23(34)18-29(31)36)22-7-5-21(6-8-22)26-15-16-37-30-14-10-24(35)19-28(26)30/h3-4,9-16,18-19,21-22,27H,2,5-8,17,36H2,1H3,(H,38,40)/t21-,22+,27?. The molecule has 0 spiro atoms. The number of aromatic nitrogens is 1. The lowest BCUT2D eigenvalue weighted by Crippen LogP contribution is -2.33. The SMILES string of the molecule is CCC(=O)Oc1ccc(CC(C(=O)Nc2ccc(Cl)cc2N)[C@H]2CC[C@@H](c3ccnc4ccc(F)cc43)CC2)cc1. The minimum absolute atomic E-state index is 0.0969. The summed E-state index contributed by atoms with van der Waals surface area (Å²) in [7, 11) is 0. The van der Waals surface area contributed by atoms with Crippen LogP contribution in [0.15, 0.2) is 72.9 Å². The lowest BCUT2D eigenvalue weighted by atomic mass is 9.71. The number of nitrogens with two attached hydrogens (primary N) is 1. The molecule has 3 aromatic carbocycles. The second-order valence-electron chi connectivity index (χ2n) is 10.7. The highest BCUT2D eigenvalue weighted by molar-refractivity contribution is 6.31. The Balaban J connectivity index is 1.35. The third-order valence-corrected chi connectivity index (χ3v) is 8.26. The number of carbonyl (C=O) groups excluding carboxylic acids is 2. The van der Waals surface area contributed by atoms with E-state index in [0.29, 0.717) is 35.0 Å². The Labute approximate surface area is 244 Å². The highest BCUT2D eigenvalue weighted by Crippen LogP contribution is 2.42. The number of hydrogen-bond acceptors (Lipinski definition) is 5. The average Bonchev–Trinajstić information content (AvgIpc) is 2.98. The Kier molecular flexibility index (Phi) is 8.84. The maximum atomic E-state index is 14.1. The highest BCUT2D eigenvalue weighted by Gasteiger charge is 2.33. The van der Waals surface area contributed by atoms with Gasteiger partial charge in [-0.3, -0.25) is 14.6 Å². The normalized spacial score (nSPS) is 17.6. The monoisotopic (exact) mass is 573 g/mol. The van der Waals surface area contributed by atoms with Gasteiger partial charge in [-0.2, -0.15) is 0 Å². The number of nitrogens with one attached hydrogen (secondary N) is 1. The van der Waals surface area contributed by atoms with Crippen molar-refractivity contribution in [1.82, 2.24) is 4.98 Å². The van der Waals surface area contributed by atoms with Crippen molar-refractivity contribution in [3.63, 3.8) is 0 Å². The summed E-state index contributed by atoms with van der Waals surface area (Å²) in [4.78, 5) is 29.8. The van der Waals surface area contributed by atoms with Gasteiger partial charge in [-0.15, -0.1) is 0 Å². The molecule has 1 aromatic heterocycles. The van der Waals surface area contributed by atoms with E-state index in [1.807, 2.05) is 18.2 Å². The molecule has 6 nitrogen and oxygen atoms in total. The first-order valence-electron chi connectivity index (χ1n) is 14.0. The van der Waals surface area contributed by atoms with E-state index in [4.69, 9.17) is 22.1 Å². The van der Waals surface area contributed by atoms with Crippen LogP contribution in [-0.4, -0.2) is 16.9 Å². The van der Waals surface area contributed by atoms with Gasteiger partial charge in [0.2, 0.25) is 5.91 Å². The Morgan fingerprint density at radius 2 is 1.80 bits per heavy atom. The number of amides is 1. The highest BCUT2D eigenvalue weighted by atomic mass is 35.5. The number of carbonyl (C=O) groups is 2. The maximum Gasteiger partial charge on any atom is 0.310 e. The van der Waals surface area contributed by atoms with Crippen LogP contribution in [0.2, 0.25) is 5.02 Å². The van der Waals surface area contributed by atoms with Gasteiger partial charge in [0.25, 0.3) is 0 Å². The van der Waals surface area contributed by atoms with Gasteiger partial charge in [0.05, 0.1) is 16.9 Å². The predicted octanol–water partition coefficient (Wildman–Crippen LogP) is 7.70. The largest absolute Gasteiger partial charge is 0.427 e. The number of benzene rings is 3. The number of anilines is 2. The van der Waals surface area contributed by atoms with Gasteiger partial charge < -0.3 is 15.8 Å². The van der Waals surface area contributed by atoms with Crippen molar-refractivity contribution < 1.29 is 18.7 Å². The number of nitrogen functional groups attached to an aromatic ring is 1. The molecule has 1 unspecified atom stereocenters. The molecule has 1 aliphatic carbocycles. The summed E-state index contributed by atoms with van der Waals surface area (Å²) in [6.07, 6.45) is 6.09. The fourth-order valence-corrected chi connectivity index (χ4v) is 6.01. The first kappa shape index (κ1) is 28.6. The zero-order valence-corrected chi connectivity index (χ0v) is 23.7. The maximum absolute atomic E-state index is 14.1. The molecule has 0 bridgehead atoms. The second-order valence-corrected chi connectivity index (χ2v) is 11.1. The quantitative estimate of drug-likeness (QED) is 0.128. The molecule has 1 aliphatic rings. The molecule has 5 rings (SSSR count). The summed E-state index contributed by atoms with van der Waals surface area (Å²) in [6, 6.07) is 19.1. The van der Waals surface area contributed by atoms with Crippen molar-refractivity contribution in [3.05, 3.63) is 94.9 Å². The van der Waals surface area contributed by atoms with Crippen LogP contribution in [0.5, 0.6) is 5.75 Å². The minimum atomic E-state index is -0.304. The summed E-state index contributed by atoms with van der Waals surface area (Å²) < 4.78 is 19.4. The van der Waals surface area contributed by atoms with Gasteiger partial charge >= 0.3 is 5.97 Å². The van der Waals surface area contributed by atoms with Gasteiger partial charge in [-0.05, 0) is 110 Å². The molecule has 3 N–H and O–H groups in total. The molecule has 212 valence electrons. The number of nitrogens with zero attached hydrogens (tertiary/aromatic N) is 1. The molecule has 0 radical (unpaired) electrons. The van der Waals surface area contributed by atoms with E-state index in [1.54, 1.807) is 55.6 Å². The predicted molar refractivity (Wildman–Crippen MR) is 160 cm³/mol. The molecule has 1 amide bonds. The summed E-state index contributed by atoms with van der Waals surface area (Å²) in [5, 5.41) is 4.39. The lowest BCUT2D eigenvalue weighted by molar-refractivity contribution is -0.134. The van der Waals surface area contributed by atoms with Gasteiger partial charge in [0, 0.05) is 28.9 Å². The fourth-order valence-electron chi connectivity index (χ4n) is 5.83. The van der Waals surface area contributed by atoms with Crippen LogP contribution in [-0.2, 0) is 16.0 Å². The Morgan fingerprint density at radius 3 is 2.51 bits per heavy atom. The Morgan fingerprint density at radius 1 is 1.05 bits per heavy atom. The first-order valence-corrected chi connectivity index (χ1v) is 14.4. The third-order valence-electron chi connectivity index (χ3n) is 8.03. The molecular formula is C33H33ClFN3O3. The van der Waals surface area contributed by atoms with E-state index in [1.165, 1.54) is 6.07 Å². The van der Waals surface area contributed by atoms with Crippen molar-refractivity contribution in [2.75, 3.05) is 11.1 Å². The van der Waals surface area contributed by atoms with E-state index in [2.05, 4.69) is 10.3 Å². The molecule has 1 saturated carbocycles. The molecule has 1 fully saturated rings. The van der Waals surface area contributed by atoms with E-state index < -0.39 is 0 Å². The van der Waals surface area contributed by atoms with Gasteiger partial charge in [-0.1, -0.05) is 30.7 Å². The van der Waals surface area contributed by atoms with Gasteiger partial charge in [0.1, 0.15) is 11.6 Å². The van der Waals surface area contributed by atoms with Crippen molar-refractivity contribution in [2.45, 2.75) is 51.4 Å². The third kappa shape index (κ3) is 6.85. The van der Waals surface area contributed by atoms with Crippen LogP contribution in [0.3, 0.4) is 0 Å². The summed E-state index contributed by atoms with van der Waals surface area (Å²) >= 11 is 6.06. The number of rotatable bonds is 8. The lowest BCUT2D eigenvalue weighted by Gasteiger charge is -2.34. The number of ether oxygens (including phenoxy) is 1. The topological polar surface area (TPSA) is 94.3 Å². The van der Waals surface area contributed by atoms with Crippen LogP contribution >= 0.6 is 11.6 Å². The van der Waals surface area contributed by atoms with Crippen molar-refractivity contribution >= 4 is 45.8 Å². The second kappa shape index (κ2) is 12.7. The van der Waals surface area contributed by atoms with Crippen LogP contribution in [0, 0.1) is 17.7 Å². The molecule has 8 heteroatoms. The minimum Gasteiger partial charge on any atom is -0.427 e. The number of esters is 1. The molecule has 41 heavy (non-hydrogen) atoms. The number of hydrogen-bond donors (Lipinski definition) is 2. The summed E-state index contributed by atoms with van der Waals surface area (Å²) in [5.74, 6) is -0.0748. The zero-order valence-electron chi connectivity index (χ0n) is 22.9. The summed E-state index contributed by atoms with van der Waals surface area (Å²) in [6.45, 7) is 1.75. The molecule has 4 aromatic rings. The molecule has 1 heterocycles. The van der Waals surface area contributed by atoms with Crippen molar-refractivity contribution in [3.8, 4) is 5.75 Å². The van der Waals surface area contributed by atoms with E-state index in [-0.39, 0.29) is 35.4 Å². The molecule has 0 aliphatic heterocycles. The van der Waals surface area contributed by atoms with Crippen LogP contribution in [0.1, 0.15) is 56.1 Å². The number of pyridine rings is 1. The Bertz CT molecular complexity index is 1550. The van der Waals surface area contributed by atoms with Crippen molar-refractivity contribution in [2.24, 2.45) is 11.8 Å². The van der Waals surface area contributed by atoms with Crippen molar-refractivity contribution in [1.29, 1.82) is 0 Å². The van der Waals surface area contributed by atoms with Crippen LogP contribution in [0.25, 0.3) is 10.9 Å². The molecule has 0 saturated heterocycles. The smallest absolute Gasteiger partial charge is 0.310 e. The van der Waals surface area contributed by atoms with Crippen LogP contribution < -0.4 is 15.8 Å².